The van der Waals surface area contributed by atoms with Crippen LogP contribution in [0.2, 0.25) is 5.02 Å². The SMILES string of the molecule is Cc1ccc(CNC(C)CN)cc1Cl. The summed E-state index contributed by atoms with van der Waals surface area (Å²) in [6.45, 7) is 5.54. The molecule has 0 aliphatic rings. The fourth-order valence-electron chi connectivity index (χ4n) is 1.12. The summed E-state index contributed by atoms with van der Waals surface area (Å²) in [7, 11) is 0. The van der Waals surface area contributed by atoms with Crippen molar-refractivity contribution < 1.29 is 0 Å². The zero-order valence-corrected chi connectivity index (χ0v) is 9.43. The van der Waals surface area contributed by atoms with Gasteiger partial charge in [0.05, 0.1) is 0 Å². The maximum absolute atomic E-state index is 6.01. The molecule has 1 rings (SSSR count). The third-order valence-corrected chi connectivity index (χ3v) is 2.65. The smallest absolute Gasteiger partial charge is 0.0438 e. The van der Waals surface area contributed by atoms with Crippen LogP contribution in [0, 0.1) is 6.92 Å². The van der Waals surface area contributed by atoms with Crippen molar-refractivity contribution in [3.8, 4) is 0 Å². The minimum Gasteiger partial charge on any atom is -0.329 e. The molecule has 0 aromatic heterocycles. The van der Waals surface area contributed by atoms with E-state index in [9.17, 15) is 0 Å². The number of nitrogens with one attached hydrogen (secondary N) is 1. The minimum atomic E-state index is 0.343. The molecule has 0 saturated heterocycles. The molecule has 14 heavy (non-hydrogen) atoms. The van der Waals surface area contributed by atoms with E-state index in [1.54, 1.807) is 0 Å². The lowest BCUT2D eigenvalue weighted by atomic mass is 10.1. The average Bonchev–Trinajstić information content (AvgIpc) is 2.19. The van der Waals surface area contributed by atoms with E-state index in [1.165, 1.54) is 5.56 Å². The van der Waals surface area contributed by atoms with Crippen molar-refractivity contribution in [3.63, 3.8) is 0 Å². The van der Waals surface area contributed by atoms with E-state index in [-0.39, 0.29) is 0 Å². The first kappa shape index (κ1) is 11.5. The van der Waals surface area contributed by atoms with Gasteiger partial charge < -0.3 is 11.1 Å². The van der Waals surface area contributed by atoms with Gasteiger partial charge >= 0.3 is 0 Å². The Morgan fingerprint density at radius 2 is 2.21 bits per heavy atom. The van der Waals surface area contributed by atoms with E-state index in [2.05, 4.69) is 18.3 Å². The third kappa shape index (κ3) is 3.29. The first-order valence-corrected chi connectivity index (χ1v) is 5.19. The number of halogens is 1. The van der Waals surface area contributed by atoms with Crippen molar-refractivity contribution >= 4 is 11.6 Å². The fourth-order valence-corrected chi connectivity index (χ4v) is 1.32. The lowest BCUT2D eigenvalue weighted by molar-refractivity contribution is 0.556. The number of benzene rings is 1. The van der Waals surface area contributed by atoms with Crippen LogP contribution in [-0.2, 0) is 6.54 Å². The number of rotatable bonds is 4. The van der Waals surface area contributed by atoms with Crippen molar-refractivity contribution in [2.45, 2.75) is 26.4 Å². The van der Waals surface area contributed by atoms with Crippen molar-refractivity contribution in [1.82, 2.24) is 5.32 Å². The van der Waals surface area contributed by atoms with Gasteiger partial charge in [-0.25, -0.2) is 0 Å². The van der Waals surface area contributed by atoms with Crippen LogP contribution < -0.4 is 11.1 Å². The number of hydrogen-bond donors (Lipinski definition) is 2. The molecule has 0 fully saturated rings. The average molecular weight is 213 g/mol. The molecule has 0 bridgehead atoms. The first-order valence-electron chi connectivity index (χ1n) is 4.82. The Hall–Kier alpha value is -0.570. The Balaban J connectivity index is 2.55. The molecule has 1 atom stereocenters. The molecule has 0 saturated carbocycles. The molecule has 0 aliphatic carbocycles. The highest BCUT2D eigenvalue weighted by Gasteiger charge is 2.00. The van der Waals surface area contributed by atoms with Gasteiger partial charge in [0.25, 0.3) is 0 Å². The Labute approximate surface area is 90.4 Å². The van der Waals surface area contributed by atoms with Gasteiger partial charge in [-0.3, -0.25) is 0 Å². The summed E-state index contributed by atoms with van der Waals surface area (Å²) in [6.07, 6.45) is 0. The van der Waals surface area contributed by atoms with Crippen LogP contribution in [0.3, 0.4) is 0 Å². The van der Waals surface area contributed by atoms with Crippen LogP contribution in [0.1, 0.15) is 18.1 Å². The summed E-state index contributed by atoms with van der Waals surface area (Å²) >= 11 is 6.01. The summed E-state index contributed by atoms with van der Waals surface area (Å²) in [5, 5.41) is 4.14. The van der Waals surface area contributed by atoms with E-state index < -0.39 is 0 Å². The molecule has 1 unspecified atom stereocenters. The molecule has 0 aliphatic heterocycles. The summed E-state index contributed by atoms with van der Waals surface area (Å²) < 4.78 is 0. The van der Waals surface area contributed by atoms with Crippen LogP contribution >= 0.6 is 11.6 Å². The molecule has 3 heteroatoms. The van der Waals surface area contributed by atoms with Crippen molar-refractivity contribution in [2.75, 3.05) is 6.54 Å². The predicted octanol–water partition coefficient (Wildman–Crippen LogP) is 2.09. The van der Waals surface area contributed by atoms with Gasteiger partial charge in [0.2, 0.25) is 0 Å². The Morgan fingerprint density at radius 1 is 1.50 bits per heavy atom. The monoisotopic (exact) mass is 212 g/mol. The molecule has 1 aromatic carbocycles. The molecule has 0 amide bonds. The zero-order chi connectivity index (χ0) is 10.6. The Bertz CT molecular complexity index is 299. The molecule has 3 N–H and O–H groups in total. The third-order valence-electron chi connectivity index (χ3n) is 2.24. The van der Waals surface area contributed by atoms with E-state index >= 15 is 0 Å². The van der Waals surface area contributed by atoms with Crippen molar-refractivity contribution in [3.05, 3.63) is 34.3 Å². The second-order valence-electron chi connectivity index (χ2n) is 3.60. The van der Waals surface area contributed by atoms with E-state index in [4.69, 9.17) is 17.3 Å². The zero-order valence-electron chi connectivity index (χ0n) is 8.68. The molecule has 78 valence electrons. The topological polar surface area (TPSA) is 38.0 Å². The number of aryl methyl sites for hydroxylation is 1. The largest absolute Gasteiger partial charge is 0.329 e. The summed E-state index contributed by atoms with van der Waals surface area (Å²) in [6, 6.07) is 6.45. The Kier molecular flexibility index (Phi) is 4.39. The van der Waals surface area contributed by atoms with Crippen molar-refractivity contribution in [1.29, 1.82) is 0 Å². The second kappa shape index (κ2) is 5.35. The molecule has 1 aromatic rings. The minimum absolute atomic E-state index is 0.343. The second-order valence-corrected chi connectivity index (χ2v) is 4.01. The van der Waals surface area contributed by atoms with E-state index in [0.29, 0.717) is 12.6 Å². The molecule has 0 spiro atoms. The lowest BCUT2D eigenvalue weighted by Gasteiger charge is -2.11. The number of nitrogens with two attached hydrogens (primary N) is 1. The first-order chi connectivity index (χ1) is 6.63. The normalized spacial score (nSPS) is 12.9. The van der Waals surface area contributed by atoms with Gasteiger partial charge in [0, 0.05) is 24.2 Å². The van der Waals surface area contributed by atoms with Gasteiger partial charge in [-0.05, 0) is 31.0 Å². The highest BCUT2D eigenvalue weighted by molar-refractivity contribution is 6.31. The maximum Gasteiger partial charge on any atom is 0.0438 e. The maximum atomic E-state index is 6.01. The molecular weight excluding hydrogens is 196 g/mol. The van der Waals surface area contributed by atoms with Crippen LogP contribution in [-0.4, -0.2) is 12.6 Å². The predicted molar refractivity (Wildman–Crippen MR) is 61.5 cm³/mol. The van der Waals surface area contributed by atoms with Crippen LogP contribution in [0.15, 0.2) is 18.2 Å². The fraction of sp³-hybridized carbons (Fsp3) is 0.455. The van der Waals surface area contributed by atoms with Gasteiger partial charge in [-0.1, -0.05) is 23.7 Å². The van der Waals surface area contributed by atoms with Crippen LogP contribution in [0.5, 0.6) is 0 Å². The summed E-state index contributed by atoms with van der Waals surface area (Å²) in [5.41, 5.74) is 7.81. The standard InChI is InChI=1S/C11H17ClN2/c1-8-3-4-10(5-11(8)12)7-14-9(2)6-13/h3-5,9,14H,6-7,13H2,1-2H3. The molecular formula is C11H17ClN2. The number of hydrogen-bond acceptors (Lipinski definition) is 2. The molecule has 0 radical (unpaired) electrons. The van der Waals surface area contributed by atoms with E-state index in [1.807, 2.05) is 19.1 Å². The van der Waals surface area contributed by atoms with Crippen LogP contribution in [0.25, 0.3) is 0 Å². The van der Waals surface area contributed by atoms with E-state index in [0.717, 1.165) is 17.1 Å². The van der Waals surface area contributed by atoms with Gasteiger partial charge in [0.15, 0.2) is 0 Å². The van der Waals surface area contributed by atoms with Crippen molar-refractivity contribution in [2.24, 2.45) is 5.73 Å². The van der Waals surface area contributed by atoms with Gasteiger partial charge in [-0.15, -0.1) is 0 Å². The quantitative estimate of drug-likeness (QED) is 0.802. The van der Waals surface area contributed by atoms with Gasteiger partial charge in [-0.2, -0.15) is 0 Å². The highest BCUT2D eigenvalue weighted by atomic mass is 35.5. The van der Waals surface area contributed by atoms with Gasteiger partial charge in [0.1, 0.15) is 0 Å². The summed E-state index contributed by atoms with van der Waals surface area (Å²) in [5.74, 6) is 0. The molecule has 0 heterocycles. The van der Waals surface area contributed by atoms with Crippen LogP contribution in [0.4, 0.5) is 0 Å². The highest BCUT2D eigenvalue weighted by Crippen LogP contribution is 2.16. The Morgan fingerprint density at radius 3 is 2.79 bits per heavy atom. The lowest BCUT2D eigenvalue weighted by Crippen LogP contribution is -2.32. The summed E-state index contributed by atoms with van der Waals surface area (Å²) in [4.78, 5) is 0. The molecule has 2 nitrogen and oxygen atoms in total.